The first-order valence-electron chi connectivity index (χ1n) is 9.22. The van der Waals surface area contributed by atoms with E-state index < -0.39 is 9.84 Å². The summed E-state index contributed by atoms with van der Waals surface area (Å²) in [6, 6.07) is 23.5. The van der Waals surface area contributed by atoms with Gasteiger partial charge in [-0.1, -0.05) is 60.1 Å². The lowest BCUT2D eigenvalue weighted by Gasteiger charge is -2.09. The molecular weight excluding hydrogens is 452 g/mol. The third-order valence-electron chi connectivity index (χ3n) is 4.57. The van der Waals surface area contributed by atoms with Gasteiger partial charge in [-0.3, -0.25) is 4.79 Å². The maximum Gasteiger partial charge on any atom is 0.211 e. The molecule has 0 bridgehead atoms. The number of halogens is 1. The molecule has 5 nitrogen and oxygen atoms in total. The van der Waals surface area contributed by atoms with Gasteiger partial charge in [-0.15, -0.1) is 11.3 Å². The number of benzene rings is 3. The lowest BCUT2D eigenvalue weighted by atomic mass is 10.1. The van der Waals surface area contributed by atoms with Crippen LogP contribution in [0.4, 0.5) is 16.4 Å². The van der Waals surface area contributed by atoms with Gasteiger partial charge in [0.25, 0.3) is 0 Å². The number of nitrogens with one attached hydrogen (secondary N) is 1. The van der Waals surface area contributed by atoms with Crippen LogP contribution in [-0.2, 0) is 9.84 Å². The number of sulfone groups is 1. The van der Waals surface area contributed by atoms with Crippen molar-refractivity contribution in [3.05, 3.63) is 100 Å². The highest BCUT2D eigenvalue weighted by molar-refractivity contribution is 7.92. The van der Waals surface area contributed by atoms with E-state index in [1.54, 1.807) is 42.5 Å². The summed E-state index contributed by atoms with van der Waals surface area (Å²) >= 11 is 6.93. The Morgan fingerprint density at radius 3 is 2.06 bits per heavy atom. The first-order chi connectivity index (χ1) is 14.9. The van der Waals surface area contributed by atoms with Gasteiger partial charge in [-0.05, 0) is 36.4 Å². The van der Waals surface area contributed by atoms with Crippen LogP contribution < -0.4 is 11.1 Å². The molecule has 0 amide bonds. The largest absolute Gasteiger partial charge is 0.396 e. The number of carbonyl (C=O) groups excluding carboxylic acids is 1. The summed E-state index contributed by atoms with van der Waals surface area (Å²) in [5, 5.41) is 3.80. The molecule has 0 saturated carbocycles. The smallest absolute Gasteiger partial charge is 0.211 e. The van der Waals surface area contributed by atoms with Crippen LogP contribution in [0.5, 0.6) is 0 Å². The highest BCUT2D eigenvalue weighted by Crippen LogP contribution is 2.44. The Hall–Kier alpha value is -3.13. The molecule has 0 saturated heterocycles. The second-order valence-corrected chi connectivity index (χ2v) is 9.99. The quantitative estimate of drug-likeness (QED) is 0.349. The van der Waals surface area contributed by atoms with Crippen molar-refractivity contribution in [1.29, 1.82) is 0 Å². The van der Waals surface area contributed by atoms with Crippen molar-refractivity contribution in [3.63, 3.8) is 0 Å². The fourth-order valence-corrected chi connectivity index (χ4v) is 6.11. The van der Waals surface area contributed by atoms with Crippen LogP contribution in [0.3, 0.4) is 0 Å². The molecule has 0 aliphatic heterocycles. The summed E-state index contributed by atoms with van der Waals surface area (Å²) in [6.07, 6.45) is 0. The van der Waals surface area contributed by atoms with Crippen LogP contribution in [0.15, 0.2) is 94.7 Å². The number of nitrogen functional groups attached to an aromatic ring is 1. The average molecular weight is 469 g/mol. The number of nitrogens with two attached hydrogens (primary N) is 1. The van der Waals surface area contributed by atoms with Gasteiger partial charge in [0, 0.05) is 16.3 Å². The van der Waals surface area contributed by atoms with E-state index in [4.69, 9.17) is 17.3 Å². The average Bonchev–Trinajstić information content (AvgIpc) is 3.11. The Labute approximate surface area is 189 Å². The van der Waals surface area contributed by atoms with Crippen molar-refractivity contribution in [2.75, 3.05) is 11.1 Å². The molecule has 4 rings (SSSR count). The van der Waals surface area contributed by atoms with Gasteiger partial charge in [0.15, 0.2) is 0 Å². The Kier molecular flexibility index (Phi) is 5.82. The molecule has 8 heteroatoms. The van der Waals surface area contributed by atoms with E-state index in [2.05, 4.69) is 5.32 Å². The lowest BCUT2D eigenvalue weighted by Crippen LogP contribution is -2.08. The molecule has 3 N–H and O–H groups in total. The van der Waals surface area contributed by atoms with Crippen LogP contribution in [0.1, 0.15) is 15.2 Å². The molecule has 156 valence electrons. The minimum absolute atomic E-state index is 0.0382. The molecule has 0 aliphatic rings. The van der Waals surface area contributed by atoms with E-state index in [-0.39, 0.29) is 31.1 Å². The summed E-state index contributed by atoms with van der Waals surface area (Å²) in [4.78, 5) is 13.2. The van der Waals surface area contributed by atoms with Crippen LogP contribution in [0.25, 0.3) is 0 Å². The maximum absolute atomic E-state index is 13.5. The number of hydrogen-bond donors (Lipinski definition) is 2. The van der Waals surface area contributed by atoms with Crippen LogP contribution >= 0.6 is 22.9 Å². The molecular formula is C23H17ClN2O3S2. The predicted octanol–water partition coefficient (Wildman–Crippen LogP) is 5.79. The normalized spacial score (nSPS) is 11.3. The zero-order chi connectivity index (χ0) is 22.0. The molecule has 0 unspecified atom stereocenters. The third kappa shape index (κ3) is 4.20. The SMILES string of the molecule is Nc1c(C(=O)c2ccccc2)sc(Nc2ccccc2)c1S(=O)(=O)c1ccc(Cl)cc1. The molecule has 0 atom stereocenters. The van der Waals surface area contributed by atoms with E-state index in [9.17, 15) is 13.2 Å². The Morgan fingerprint density at radius 1 is 0.871 bits per heavy atom. The standard InChI is InChI=1S/C23H17ClN2O3S2/c24-16-11-13-18(14-12-16)31(28,29)22-19(25)21(20(27)15-7-3-1-4-8-15)30-23(22)26-17-9-5-2-6-10-17/h1-14,26H,25H2. The van der Waals surface area contributed by atoms with Gasteiger partial charge in [0.2, 0.25) is 15.6 Å². The van der Waals surface area contributed by atoms with Gasteiger partial charge in [0.05, 0.1) is 10.6 Å². The van der Waals surface area contributed by atoms with E-state index >= 15 is 0 Å². The Morgan fingerprint density at radius 2 is 1.45 bits per heavy atom. The first-order valence-corrected chi connectivity index (χ1v) is 11.9. The highest BCUT2D eigenvalue weighted by atomic mass is 35.5. The lowest BCUT2D eigenvalue weighted by molar-refractivity contribution is 0.104. The zero-order valence-corrected chi connectivity index (χ0v) is 18.5. The molecule has 31 heavy (non-hydrogen) atoms. The highest BCUT2D eigenvalue weighted by Gasteiger charge is 2.31. The molecule has 0 fully saturated rings. The Balaban J connectivity index is 1.88. The maximum atomic E-state index is 13.5. The number of thiophene rings is 1. The molecule has 0 aliphatic carbocycles. The molecule has 3 aromatic carbocycles. The van der Waals surface area contributed by atoms with Crippen molar-refractivity contribution in [2.24, 2.45) is 0 Å². The molecule has 0 spiro atoms. The number of carbonyl (C=O) groups is 1. The fraction of sp³-hybridized carbons (Fsp3) is 0. The summed E-state index contributed by atoms with van der Waals surface area (Å²) < 4.78 is 27.0. The Bertz CT molecular complexity index is 1340. The number of anilines is 3. The van der Waals surface area contributed by atoms with Crippen molar-refractivity contribution in [1.82, 2.24) is 0 Å². The van der Waals surface area contributed by atoms with Gasteiger partial charge < -0.3 is 11.1 Å². The fourth-order valence-electron chi connectivity index (χ4n) is 3.05. The van der Waals surface area contributed by atoms with Crippen molar-refractivity contribution >= 4 is 54.9 Å². The second kappa shape index (κ2) is 8.55. The topological polar surface area (TPSA) is 89.3 Å². The molecule has 1 aromatic heterocycles. The van der Waals surface area contributed by atoms with Gasteiger partial charge in [-0.25, -0.2) is 8.42 Å². The minimum atomic E-state index is -4.02. The number of ketones is 1. The monoisotopic (exact) mass is 468 g/mol. The molecule has 1 heterocycles. The van der Waals surface area contributed by atoms with Gasteiger partial charge in [-0.2, -0.15) is 0 Å². The van der Waals surface area contributed by atoms with E-state index in [1.807, 2.05) is 18.2 Å². The van der Waals surface area contributed by atoms with Crippen LogP contribution in [-0.4, -0.2) is 14.2 Å². The van der Waals surface area contributed by atoms with Crippen molar-refractivity contribution < 1.29 is 13.2 Å². The van der Waals surface area contributed by atoms with Crippen LogP contribution in [0.2, 0.25) is 5.02 Å². The van der Waals surface area contributed by atoms with Crippen LogP contribution in [0, 0.1) is 0 Å². The number of rotatable bonds is 6. The van der Waals surface area contributed by atoms with E-state index in [1.165, 1.54) is 24.3 Å². The molecule has 0 radical (unpaired) electrons. The van der Waals surface area contributed by atoms with Crippen molar-refractivity contribution in [2.45, 2.75) is 9.79 Å². The number of para-hydroxylation sites is 1. The van der Waals surface area contributed by atoms with Gasteiger partial charge in [0.1, 0.15) is 14.8 Å². The summed E-state index contributed by atoms with van der Waals surface area (Å²) in [7, 11) is -4.02. The zero-order valence-electron chi connectivity index (χ0n) is 16.1. The number of hydrogen-bond acceptors (Lipinski definition) is 6. The predicted molar refractivity (Wildman–Crippen MR) is 125 cm³/mol. The minimum Gasteiger partial charge on any atom is -0.396 e. The summed E-state index contributed by atoms with van der Waals surface area (Å²) in [5.41, 5.74) is 7.32. The first kappa shape index (κ1) is 21.1. The van der Waals surface area contributed by atoms with Gasteiger partial charge >= 0.3 is 0 Å². The third-order valence-corrected chi connectivity index (χ3v) is 7.92. The molecule has 4 aromatic rings. The van der Waals surface area contributed by atoms with Crippen molar-refractivity contribution in [3.8, 4) is 0 Å². The summed E-state index contributed by atoms with van der Waals surface area (Å²) in [6.45, 7) is 0. The van der Waals surface area contributed by atoms with E-state index in [0.717, 1.165) is 11.3 Å². The summed E-state index contributed by atoms with van der Waals surface area (Å²) in [5.74, 6) is -0.336. The van der Waals surface area contributed by atoms with E-state index in [0.29, 0.717) is 16.3 Å². The second-order valence-electron chi connectivity index (χ2n) is 6.65.